The minimum Gasteiger partial charge on any atom is -0.310 e. The average Bonchev–Trinajstić information content (AvgIpc) is 1.87. The molecule has 2 nitrogen and oxygen atoms in total. The Morgan fingerprint density at radius 1 is 0.447 bits per heavy atom. The number of nitrogens with zero attached hydrogens (tertiary/aromatic N) is 2. The summed E-state index contributed by atoms with van der Waals surface area (Å²) in [5, 5.41) is 3.89. The van der Waals surface area contributed by atoms with Crippen LogP contribution in [0.25, 0.3) is 77.0 Å². The van der Waals surface area contributed by atoms with Crippen LogP contribution in [-0.2, 0) is 18.3 Å². The summed E-state index contributed by atoms with van der Waals surface area (Å²) in [4.78, 5) is 3.91. The fourth-order valence-corrected chi connectivity index (χ4v) is 15.7. The average molecular weight is 1110 g/mol. The van der Waals surface area contributed by atoms with Crippen molar-refractivity contribution in [2.45, 2.75) is 37.0 Å². The normalized spacial score (nSPS) is 13.4. The third-order valence-electron chi connectivity index (χ3n) is 18.2. The van der Waals surface area contributed by atoms with Crippen LogP contribution in [0.2, 0.25) is 0 Å². The van der Waals surface area contributed by atoms with Crippen molar-refractivity contribution in [3.8, 4) is 39.1 Å². The molecule has 3 heteroatoms. The van der Waals surface area contributed by atoms with Gasteiger partial charge in [-0.25, -0.2) is 0 Å². The third kappa shape index (κ3) is 8.60. The Morgan fingerprint density at radius 3 is 1.81 bits per heavy atom. The highest BCUT2D eigenvalue weighted by Crippen LogP contribution is 2.58. The van der Waals surface area contributed by atoms with Gasteiger partial charge in [-0.15, -0.1) is 11.3 Å². The lowest BCUT2D eigenvalue weighted by Gasteiger charge is -2.35. The van der Waals surface area contributed by atoms with Crippen molar-refractivity contribution in [3.05, 3.63) is 353 Å². The highest BCUT2D eigenvalue weighted by atomic mass is 32.1. The van der Waals surface area contributed by atoms with Crippen LogP contribution in [0.1, 0.15) is 68.1 Å². The zero-order valence-electron chi connectivity index (χ0n) is 47.2. The molecule has 1 atom stereocenters. The summed E-state index contributed by atoms with van der Waals surface area (Å²) in [6.07, 6.45) is 8.63. The Morgan fingerprint density at radius 2 is 1.07 bits per heavy atom. The van der Waals surface area contributed by atoms with E-state index in [4.69, 9.17) is 0 Å². The first-order chi connectivity index (χ1) is 42.2. The number of anilines is 3. The number of para-hydroxylation sites is 3. The van der Waals surface area contributed by atoms with Crippen LogP contribution < -0.4 is 4.90 Å². The van der Waals surface area contributed by atoms with Gasteiger partial charge in [0.2, 0.25) is 0 Å². The van der Waals surface area contributed by atoms with Gasteiger partial charge in [-0.3, -0.25) is 0 Å². The Balaban J connectivity index is 0.986. The molecular formula is C82H60N2S. The molecule has 0 aliphatic heterocycles. The minimum absolute atomic E-state index is 0.0539. The highest BCUT2D eigenvalue weighted by Gasteiger charge is 2.46. The second-order valence-corrected chi connectivity index (χ2v) is 24.0. The van der Waals surface area contributed by atoms with E-state index < -0.39 is 5.41 Å². The van der Waals surface area contributed by atoms with Gasteiger partial charge in [0.25, 0.3) is 0 Å². The van der Waals surface area contributed by atoms with Crippen molar-refractivity contribution in [2.75, 3.05) is 4.90 Å². The van der Waals surface area contributed by atoms with Crippen molar-refractivity contribution in [2.24, 2.45) is 0 Å². The maximum atomic E-state index is 2.57. The predicted molar refractivity (Wildman–Crippen MR) is 359 cm³/mol. The molecule has 0 fully saturated rings. The lowest BCUT2D eigenvalue weighted by Crippen LogP contribution is -2.28. The number of rotatable bonds is 13. The van der Waals surface area contributed by atoms with Crippen LogP contribution in [0.15, 0.2) is 303 Å². The third-order valence-corrected chi connectivity index (χ3v) is 19.4. The fraction of sp³-hybridized carbons (Fsp3) is 0.0732. The molecule has 14 aromatic rings. The van der Waals surface area contributed by atoms with E-state index in [1.165, 1.54) is 120 Å². The molecule has 1 unspecified atom stereocenters. The first kappa shape index (κ1) is 50.6. The second kappa shape index (κ2) is 21.3. The lowest BCUT2D eigenvalue weighted by molar-refractivity contribution is 0.715. The maximum absolute atomic E-state index is 2.57. The first-order valence-corrected chi connectivity index (χ1v) is 30.8. The molecule has 0 spiro atoms. The monoisotopic (exact) mass is 1100 g/mol. The lowest BCUT2D eigenvalue weighted by atomic mass is 9.67. The molecule has 404 valence electrons. The molecule has 12 aromatic carbocycles. The number of thiophene rings is 1. The largest absolute Gasteiger partial charge is 0.310 e. The molecular weight excluding hydrogens is 1040 g/mol. The molecule has 2 aliphatic carbocycles. The summed E-state index contributed by atoms with van der Waals surface area (Å²) in [6, 6.07) is 111. The topological polar surface area (TPSA) is 8.17 Å². The van der Waals surface area contributed by atoms with Gasteiger partial charge in [-0.1, -0.05) is 243 Å². The minimum atomic E-state index is -0.569. The fourth-order valence-electron chi connectivity index (χ4n) is 14.4. The Hall–Kier alpha value is -10.1. The SMILES string of the molecule is C1=Cc2sc3c(c(-c4cc(C(CCc5ccccc5)c5ccc(-c6ccccc6)cc5)cc(N(c5ccccc5)c5ccc6c(c5)C(c5ccccc5)(c5ccccc5)c5ccccc5-6)c4)cc4c5ccccc5n(-c5ccccc5)c43)c2CC1. The number of allylic oxidation sites excluding steroid dienone is 1. The Bertz CT molecular complexity index is 4750. The van der Waals surface area contributed by atoms with Crippen molar-refractivity contribution >= 4 is 66.4 Å². The standard InChI is InChI=1S/C82H60N2S/c1-7-25-56(26-8-1)43-49-68(59-46-44-58(45-47-59)57-27-9-2-10-28-57)60-51-61(73-55-74-71-38-20-23-41-77(71)84(65-35-17-6-18-36-65)80(74)81-79(73)72-39-21-24-42-78(72)85-81)53-67(52-60)83(64-33-15-5-16-34-64)66-48-50-70-69-37-19-22-40-75(69)82(76(70)54-66,62-29-11-3-12-30-62)63-31-13-4-14-32-63/h1-20,22-38,40-42,44-48,50-55,68H,21,39,43,49H2. The molecule has 0 amide bonds. The zero-order chi connectivity index (χ0) is 56.3. The first-order valence-electron chi connectivity index (χ1n) is 30.0. The summed E-state index contributed by atoms with van der Waals surface area (Å²) in [5.74, 6) is 0.0539. The van der Waals surface area contributed by atoms with E-state index in [0.717, 1.165) is 42.7 Å². The summed E-state index contributed by atoms with van der Waals surface area (Å²) in [6.45, 7) is 0. The van der Waals surface area contributed by atoms with E-state index >= 15 is 0 Å². The van der Waals surface area contributed by atoms with Gasteiger partial charge in [0.05, 0.1) is 21.1 Å². The summed E-state index contributed by atoms with van der Waals surface area (Å²) >= 11 is 1.96. The number of hydrogen-bond donors (Lipinski definition) is 0. The molecule has 85 heavy (non-hydrogen) atoms. The van der Waals surface area contributed by atoms with Gasteiger partial charge >= 0.3 is 0 Å². The smallest absolute Gasteiger partial charge is 0.0720 e. The molecule has 0 saturated heterocycles. The molecule has 2 aliphatic rings. The quantitative estimate of drug-likeness (QED) is 0.112. The maximum Gasteiger partial charge on any atom is 0.0720 e. The molecule has 2 heterocycles. The van der Waals surface area contributed by atoms with Gasteiger partial charge in [-0.2, -0.15) is 0 Å². The summed E-state index contributed by atoms with van der Waals surface area (Å²) in [5.41, 5.74) is 24.4. The van der Waals surface area contributed by atoms with Crippen molar-refractivity contribution in [1.29, 1.82) is 0 Å². The molecule has 0 saturated carbocycles. The van der Waals surface area contributed by atoms with Crippen LogP contribution >= 0.6 is 11.3 Å². The number of fused-ring (bicyclic) bond motifs is 10. The van der Waals surface area contributed by atoms with Crippen molar-refractivity contribution in [1.82, 2.24) is 4.57 Å². The van der Waals surface area contributed by atoms with E-state index in [2.05, 4.69) is 319 Å². The zero-order valence-corrected chi connectivity index (χ0v) is 48.0. The van der Waals surface area contributed by atoms with E-state index in [9.17, 15) is 0 Å². The molecule has 0 bridgehead atoms. The van der Waals surface area contributed by atoms with Gasteiger partial charge in [0, 0.05) is 49.7 Å². The molecule has 16 rings (SSSR count). The van der Waals surface area contributed by atoms with Gasteiger partial charge in [-0.05, 0) is 170 Å². The van der Waals surface area contributed by atoms with E-state index in [-0.39, 0.29) is 5.92 Å². The summed E-state index contributed by atoms with van der Waals surface area (Å²) in [7, 11) is 0. The number of aromatic nitrogens is 1. The van der Waals surface area contributed by atoms with Crippen molar-refractivity contribution in [3.63, 3.8) is 0 Å². The van der Waals surface area contributed by atoms with E-state index in [1.54, 1.807) is 0 Å². The van der Waals surface area contributed by atoms with E-state index in [0.29, 0.717) is 0 Å². The number of benzene rings is 12. The van der Waals surface area contributed by atoms with Crippen LogP contribution in [0.5, 0.6) is 0 Å². The predicted octanol–water partition coefficient (Wildman–Crippen LogP) is 21.9. The van der Waals surface area contributed by atoms with E-state index in [1.807, 2.05) is 11.3 Å². The van der Waals surface area contributed by atoms with Gasteiger partial charge in [0.1, 0.15) is 0 Å². The number of aryl methyl sites for hydroxylation is 2. The van der Waals surface area contributed by atoms with Crippen LogP contribution in [0, 0.1) is 0 Å². The Labute approximate surface area is 501 Å². The van der Waals surface area contributed by atoms with Gasteiger partial charge < -0.3 is 9.47 Å². The Kier molecular flexibility index (Phi) is 12.7. The molecule has 0 radical (unpaired) electrons. The van der Waals surface area contributed by atoms with Crippen molar-refractivity contribution < 1.29 is 0 Å². The number of hydrogen-bond acceptors (Lipinski definition) is 2. The highest BCUT2D eigenvalue weighted by molar-refractivity contribution is 7.21. The van der Waals surface area contributed by atoms with Crippen LogP contribution in [0.3, 0.4) is 0 Å². The van der Waals surface area contributed by atoms with Gasteiger partial charge in [0.15, 0.2) is 0 Å². The van der Waals surface area contributed by atoms with Crippen LogP contribution in [0.4, 0.5) is 17.1 Å². The summed E-state index contributed by atoms with van der Waals surface area (Å²) < 4.78 is 3.86. The molecule has 0 N–H and O–H groups in total. The second-order valence-electron chi connectivity index (χ2n) is 22.9. The van der Waals surface area contributed by atoms with Crippen LogP contribution in [-0.4, -0.2) is 4.57 Å². The molecule has 2 aromatic heterocycles.